The van der Waals surface area contributed by atoms with Crippen LogP contribution >= 0.6 is 0 Å². The molecule has 0 aromatic carbocycles. The standard InChI is InChI=1S/C12H23F3N2/c1-16-10-6-4-3-5-7-11(10)17(2)9-8-12(13,14)15/h10-11,16H,3-9H2,1-2H3. The monoisotopic (exact) mass is 252 g/mol. The molecule has 0 saturated heterocycles. The molecule has 0 bridgehead atoms. The van der Waals surface area contributed by atoms with Crippen molar-refractivity contribution < 1.29 is 13.2 Å². The van der Waals surface area contributed by atoms with Crippen molar-refractivity contribution in [1.82, 2.24) is 10.2 Å². The fraction of sp³-hybridized carbons (Fsp3) is 1.00. The molecule has 2 atom stereocenters. The molecular weight excluding hydrogens is 229 g/mol. The molecule has 1 N–H and O–H groups in total. The molecule has 17 heavy (non-hydrogen) atoms. The van der Waals surface area contributed by atoms with Gasteiger partial charge in [0.2, 0.25) is 0 Å². The van der Waals surface area contributed by atoms with Gasteiger partial charge in [-0.3, -0.25) is 0 Å². The van der Waals surface area contributed by atoms with E-state index in [0.29, 0.717) is 6.04 Å². The van der Waals surface area contributed by atoms with Crippen molar-refractivity contribution in [2.24, 2.45) is 0 Å². The van der Waals surface area contributed by atoms with Crippen molar-refractivity contribution in [1.29, 1.82) is 0 Å². The first kappa shape index (κ1) is 14.8. The van der Waals surface area contributed by atoms with Crippen LogP contribution in [0.25, 0.3) is 0 Å². The SMILES string of the molecule is CNC1CCCCCC1N(C)CCC(F)(F)F. The number of nitrogens with one attached hydrogen (secondary N) is 1. The number of hydrogen-bond donors (Lipinski definition) is 1. The first-order valence-electron chi connectivity index (χ1n) is 6.38. The van der Waals surface area contributed by atoms with E-state index in [2.05, 4.69) is 5.32 Å². The van der Waals surface area contributed by atoms with Gasteiger partial charge >= 0.3 is 6.18 Å². The van der Waals surface area contributed by atoms with Crippen LogP contribution in [-0.2, 0) is 0 Å². The zero-order valence-corrected chi connectivity index (χ0v) is 10.7. The normalized spacial score (nSPS) is 27.2. The Hall–Kier alpha value is -0.290. The van der Waals surface area contributed by atoms with Crippen LogP contribution in [0, 0.1) is 0 Å². The second-order valence-electron chi connectivity index (χ2n) is 4.95. The molecule has 1 aliphatic rings. The Bertz CT molecular complexity index is 218. The summed E-state index contributed by atoms with van der Waals surface area (Å²) in [6.07, 6.45) is 0.804. The first-order chi connectivity index (χ1) is 7.94. The third kappa shape index (κ3) is 5.25. The maximum Gasteiger partial charge on any atom is 0.390 e. The van der Waals surface area contributed by atoms with E-state index in [4.69, 9.17) is 0 Å². The van der Waals surface area contributed by atoms with Crippen molar-refractivity contribution in [2.45, 2.75) is 56.8 Å². The van der Waals surface area contributed by atoms with Gasteiger partial charge in [0.1, 0.15) is 0 Å². The minimum absolute atomic E-state index is 0.104. The van der Waals surface area contributed by atoms with Crippen LogP contribution in [0.15, 0.2) is 0 Å². The summed E-state index contributed by atoms with van der Waals surface area (Å²) in [5.41, 5.74) is 0. The van der Waals surface area contributed by atoms with Crippen molar-refractivity contribution in [3.05, 3.63) is 0 Å². The third-order valence-corrected chi connectivity index (χ3v) is 3.66. The molecular formula is C12H23F3N2. The van der Waals surface area contributed by atoms with E-state index in [-0.39, 0.29) is 12.6 Å². The van der Waals surface area contributed by atoms with Gasteiger partial charge in [-0.05, 0) is 26.9 Å². The molecule has 0 heterocycles. The highest BCUT2D eigenvalue weighted by Crippen LogP contribution is 2.24. The number of hydrogen-bond acceptors (Lipinski definition) is 2. The number of rotatable bonds is 4. The Morgan fingerprint density at radius 3 is 2.41 bits per heavy atom. The first-order valence-corrected chi connectivity index (χ1v) is 6.38. The topological polar surface area (TPSA) is 15.3 Å². The van der Waals surface area contributed by atoms with E-state index < -0.39 is 12.6 Å². The van der Waals surface area contributed by atoms with Crippen molar-refractivity contribution in [3.63, 3.8) is 0 Å². The predicted octanol–water partition coefficient (Wildman–Crippen LogP) is 2.79. The lowest BCUT2D eigenvalue weighted by molar-refractivity contribution is -0.138. The zero-order chi connectivity index (χ0) is 12.9. The van der Waals surface area contributed by atoms with Gasteiger partial charge in [-0.25, -0.2) is 0 Å². The fourth-order valence-corrected chi connectivity index (χ4v) is 2.62. The molecule has 0 spiro atoms. The summed E-state index contributed by atoms with van der Waals surface area (Å²) in [6.45, 7) is 0.104. The second kappa shape index (κ2) is 6.59. The molecule has 0 aromatic rings. The van der Waals surface area contributed by atoms with Crippen molar-refractivity contribution >= 4 is 0 Å². The molecule has 1 rings (SSSR count). The minimum atomic E-state index is -4.05. The average Bonchev–Trinajstić information content (AvgIpc) is 2.49. The van der Waals surface area contributed by atoms with Crippen LogP contribution in [0.5, 0.6) is 0 Å². The highest BCUT2D eigenvalue weighted by molar-refractivity contribution is 4.85. The van der Waals surface area contributed by atoms with Gasteiger partial charge in [0.25, 0.3) is 0 Å². The van der Waals surface area contributed by atoms with Gasteiger partial charge in [-0.1, -0.05) is 19.3 Å². The lowest BCUT2D eigenvalue weighted by Gasteiger charge is -2.33. The minimum Gasteiger partial charge on any atom is -0.315 e. The van der Waals surface area contributed by atoms with Crippen LogP contribution in [0.1, 0.15) is 38.5 Å². The van der Waals surface area contributed by atoms with Gasteiger partial charge in [0, 0.05) is 18.6 Å². The number of nitrogens with zero attached hydrogens (tertiary/aromatic N) is 1. The zero-order valence-electron chi connectivity index (χ0n) is 10.7. The van der Waals surface area contributed by atoms with Crippen molar-refractivity contribution in [2.75, 3.05) is 20.6 Å². The Morgan fingerprint density at radius 1 is 1.18 bits per heavy atom. The Balaban J connectivity index is 2.48. The van der Waals surface area contributed by atoms with Crippen LogP contribution in [0.4, 0.5) is 13.2 Å². The maximum absolute atomic E-state index is 12.2. The van der Waals surface area contributed by atoms with Gasteiger partial charge < -0.3 is 10.2 Å². The number of halogens is 3. The summed E-state index contributed by atoms with van der Waals surface area (Å²) in [6, 6.07) is 0.570. The molecule has 102 valence electrons. The van der Waals surface area contributed by atoms with Gasteiger partial charge in [0.15, 0.2) is 0 Å². The second-order valence-corrected chi connectivity index (χ2v) is 4.95. The van der Waals surface area contributed by atoms with E-state index in [0.717, 1.165) is 19.3 Å². The predicted molar refractivity (Wildman–Crippen MR) is 63.0 cm³/mol. The molecule has 0 aliphatic heterocycles. The quantitative estimate of drug-likeness (QED) is 0.774. The van der Waals surface area contributed by atoms with E-state index in [1.807, 2.05) is 19.0 Å². The van der Waals surface area contributed by atoms with Gasteiger partial charge in [0.05, 0.1) is 6.42 Å². The van der Waals surface area contributed by atoms with E-state index in [1.165, 1.54) is 12.8 Å². The third-order valence-electron chi connectivity index (χ3n) is 3.66. The van der Waals surface area contributed by atoms with Gasteiger partial charge in [-0.15, -0.1) is 0 Å². The Labute approximate surface area is 102 Å². The highest BCUT2D eigenvalue weighted by atomic mass is 19.4. The fourth-order valence-electron chi connectivity index (χ4n) is 2.62. The van der Waals surface area contributed by atoms with Crippen LogP contribution in [0.2, 0.25) is 0 Å². The molecule has 1 saturated carbocycles. The van der Waals surface area contributed by atoms with Crippen molar-refractivity contribution in [3.8, 4) is 0 Å². The maximum atomic E-state index is 12.2. The lowest BCUT2D eigenvalue weighted by Crippen LogP contribution is -2.47. The largest absolute Gasteiger partial charge is 0.390 e. The summed E-state index contributed by atoms with van der Waals surface area (Å²) in [5, 5.41) is 3.25. The number of likely N-dealkylation sites (N-methyl/N-ethyl adjacent to an activating group) is 2. The van der Waals surface area contributed by atoms with Crippen LogP contribution in [-0.4, -0.2) is 43.8 Å². The molecule has 1 aliphatic carbocycles. The average molecular weight is 252 g/mol. The Kier molecular flexibility index (Phi) is 5.73. The molecule has 2 nitrogen and oxygen atoms in total. The molecule has 5 heteroatoms. The molecule has 0 aromatic heterocycles. The van der Waals surface area contributed by atoms with E-state index in [1.54, 1.807) is 0 Å². The molecule has 0 radical (unpaired) electrons. The summed E-state index contributed by atoms with van der Waals surface area (Å²) < 4.78 is 36.6. The smallest absolute Gasteiger partial charge is 0.315 e. The Morgan fingerprint density at radius 2 is 1.82 bits per heavy atom. The summed E-state index contributed by atoms with van der Waals surface area (Å²) in [7, 11) is 3.71. The van der Waals surface area contributed by atoms with E-state index >= 15 is 0 Å². The summed E-state index contributed by atoms with van der Waals surface area (Å²) in [4.78, 5) is 1.87. The van der Waals surface area contributed by atoms with E-state index in [9.17, 15) is 13.2 Å². The molecule has 2 unspecified atom stereocenters. The highest BCUT2D eigenvalue weighted by Gasteiger charge is 2.31. The number of alkyl halides is 3. The molecule has 0 amide bonds. The summed E-state index contributed by atoms with van der Waals surface area (Å²) in [5.74, 6) is 0. The van der Waals surface area contributed by atoms with Gasteiger partial charge in [-0.2, -0.15) is 13.2 Å². The molecule has 1 fully saturated rings. The lowest BCUT2D eigenvalue weighted by atomic mass is 10.0. The summed E-state index contributed by atoms with van der Waals surface area (Å²) >= 11 is 0. The van der Waals surface area contributed by atoms with Crippen LogP contribution < -0.4 is 5.32 Å². The van der Waals surface area contributed by atoms with Crippen LogP contribution in [0.3, 0.4) is 0 Å².